The van der Waals surface area contributed by atoms with Crippen molar-refractivity contribution < 1.29 is 22.7 Å². The number of benzene rings is 1. The maximum absolute atomic E-state index is 13.7. The number of halogens is 1. The molecule has 1 atom stereocenters. The Labute approximate surface area is 131 Å². The van der Waals surface area contributed by atoms with Crippen LogP contribution in [-0.4, -0.2) is 32.5 Å². The van der Waals surface area contributed by atoms with Crippen LogP contribution in [0.25, 0.3) is 0 Å². The lowest BCUT2D eigenvalue weighted by atomic mass is 10.1. The van der Waals surface area contributed by atoms with Gasteiger partial charge in [-0.1, -0.05) is 19.9 Å². The van der Waals surface area contributed by atoms with Gasteiger partial charge < -0.3 is 9.84 Å². The number of rotatable bonds is 9. The molecule has 7 heteroatoms. The smallest absolute Gasteiger partial charge is 0.212 e. The molecule has 0 aromatic heterocycles. The summed E-state index contributed by atoms with van der Waals surface area (Å²) in [5.41, 5.74) is 0.618. The molecule has 0 radical (unpaired) electrons. The molecule has 0 aliphatic heterocycles. The molecule has 126 valence electrons. The van der Waals surface area contributed by atoms with Crippen LogP contribution >= 0.6 is 0 Å². The van der Waals surface area contributed by atoms with Gasteiger partial charge in [-0.2, -0.15) is 0 Å². The molecule has 1 aromatic rings. The summed E-state index contributed by atoms with van der Waals surface area (Å²) in [6.45, 7) is 5.80. The Balaban J connectivity index is 2.81. The highest BCUT2D eigenvalue weighted by molar-refractivity contribution is 7.89. The predicted molar refractivity (Wildman–Crippen MR) is 83.8 cm³/mol. The zero-order chi connectivity index (χ0) is 16.8. The van der Waals surface area contributed by atoms with Gasteiger partial charge in [0.1, 0.15) is 0 Å². The van der Waals surface area contributed by atoms with Gasteiger partial charge in [0.05, 0.1) is 12.4 Å². The molecule has 1 aromatic carbocycles. The molecule has 0 bridgehead atoms. The average molecular weight is 333 g/mol. The van der Waals surface area contributed by atoms with Crippen LogP contribution in [0.4, 0.5) is 4.39 Å². The number of aliphatic hydroxyl groups is 1. The van der Waals surface area contributed by atoms with E-state index in [0.29, 0.717) is 12.2 Å². The van der Waals surface area contributed by atoms with Gasteiger partial charge in [0.2, 0.25) is 10.0 Å². The molecule has 0 aliphatic carbocycles. The van der Waals surface area contributed by atoms with Crippen LogP contribution in [-0.2, 0) is 10.0 Å². The highest BCUT2D eigenvalue weighted by atomic mass is 32.2. The van der Waals surface area contributed by atoms with E-state index >= 15 is 0 Å². The van der Waals surface area contributed by atoms with Gasteiger partial charge in [0.15, 0.2) is 11.6 Å². The van der Waals surface area contributed by atoms with E-state index in [1.807, 2.05) is 13.8 Å². The third-order valence-electron chi connectivity index (χ3n) is 2.95. The van der Waals surface area contributed by atoms with Crippen LogP contribution in [0.15, 0.2) is 18.2 Å². The quantitative estimate of drug-likeness (QED) is 0.726. The molecule has 0 aliphatic rings. The number of ether oxygens (including phenoxy) is 1. The molecular formula is C15H24FNO4S. The van der Waals surface area contributed by atoms with E-state index in [4.69, 9.17) is 9.84 Å². The highest BCUT2D eigenvalue weighted by Crippen LogP contribution is 2.23. The van der Waals surface area contributed by atoms with E-state index in [9.17, 15) is 12.8 Å². The maximum atomic E-state index is 13.7. The summed E-state index contributed by atoms with van der Waals surface area (Å²) in [5.74, 6) is -0.240. The van der Waals surface area contributed by atoms with Crippen molar-refractivity contribution in [2.45, 2.75) is 33.2 Å². The monoisotopic (exact) mass is 333 g/mol. The molecule has 0 spiro atoms. The highest BCUT2D eigenvalue weighted by Gasteiger charge is 2.17. The molecule has 2 N–H and O–H groups in total. The fraction of sp³-hybridized carbons (Fsp3) is 0.600. The standard InChI is InChI=1S/C15H24FNO4S/c1-11(2)10-21-15-9-13(5-6-14(15)16)12(3)17-22(19,20)8-4-7-18/h5-6,9,11-12,17-18H,4,7-8,10H2,1-3H3/t12-/m1/s1. The van der Waals surface area contributed by atoms with E-state index in [1.54, 1.807) is 6.92 Å². The minimum atomic E-state index is -3.48. The lowest BCUT2D eigenvalue weighted by molar-refractivity contribution is 0.259. The van der Waals surface area contributed by atoms with Gasteiger partial charge in [-0.15, -0.1) is 0 Å². The fourth-order valence-corrected chi connectivity index (χ4v) is 3.11. The first-order valence-corrected chi connectivity index (χ1v) is 8.93. The largest absolute Gasteiger partial charge is 0.490 e. The number of hydrogen-bond acceptors (Lipinski definition) is 4. The summed E-state index contributed by atoms with van der Waals surface area (Å²) < 4.78 is 45.2. The molecule has 0 heterocycles. The van der Waals surface area contributed by atoms with Crippen molar-refractivity contribution in [3.05, 3.63) is 29.6 Å². The normalized spacial score (nSPS) is 13.4. The van der Waals surface area contributed by atoms with E-state index in [2.05, 4.69) is 4.72 Å². The van der Waals surface area contributed by atoms with Gasteiger partial charge in [0.25, 0.3) is 0 Å². The maximum Gasteiger partial charge on any atom is 0.212 e. The molecule has 0 amide bonds. The second kappa shape index (κ2) is 8.45. The Morgan fingerprint density at radius 3 is 2.59 bits per heavy atom. The fourth-order valence-electron chi connectivity index (χ4n) is 1.81. The summed E-state index contributed by atoms with van der Waals surface area (Å²) in [5, 5.41) is 8.70. The number of hydrogen-bond donors (Lipinski definition) is 2. The lowest BCUT2D eigenvalue weighted by Crippen LogP contribution is -2.29. The van der Waals surface area contributed by atoms with Crippen molar-refractivity contribution in [3.8, 4) is 5.75 Å². The first kappa shape index (κ1) is 18.9. The summed E-state index contributed by atoms with van der Waals surface area (Å²) in [4.78, 5) is 0. The molecule has 22 heavy (non-hydrogen) atoms. The second-order valence-corrected chi connectivity index (χ2v) is 7.50. The summed E-state index contributed by atoms with van der Waals surface area (Å²) >= 11 is 0. The van der Waals surface area contributed by atoms with E-state index in [0.717, 1.165) is 0 Å². The Bertz CT molecular complexity index is 575. The Kier molecular flexibility index (Phi) is 7.25. The van der Waals surface area contributed by atoms with Crippen LogP contribution in [0, 0.1) is 11.7 Å². The van der Waals surface area contributed by atoms with Crippen molar-refractivity contribution in [3.63, 3.8) is 0 Å². The first-order valence-electron chi connectivity index (χ1n) is 7.28. The zero-order valence-electron chi connectivity index (χ0n) is 13.2. The molecule has 0 unspecified atom stereocenters. The van der Waals surface area contributed by atoms with Crippen LogP contribution < -0.4 is 9.46 Å². The Morgan fingerprint density at radius 1 is 1.32 bits per heavy atom. The van der Waals surface area contributed by atoms with Crippen LogP contribution in [0.2, 0.25) is 0 Å². The molecule has 0 saturated heterocycles. The summed E-state index contributed by atoms with van der Waals surface area (Å²) in [6, 6.07) is 3.79. The summed E-state index contributed by atoms with van der Waals surface area (Å²) in [7, 11) is -3.48. The van der Waals surface area contributed by atoms with Gasteiger partial charge in [-0.05, 0) is 37.0 Å². The topological polar surface area (TPSA) is 75.6 Å². The number of aliphatic hydroxyl groups excluding tert-OH is 1. The van der Waals surface area contributed by atoms with Crippen molar-refractivity contribution in [2.75, 3.05) is 19.0 Å². The third-order valence-corrected chi connectivity index (χ3v) is 4.49. The molecular weight excluding hydrogens is 309 g/mol. The first-order chi connectivity index (χ1) is 10.2. The Morgan fingerprint density at radius 2 is 2.00 bits per heavy atom. The van der Waals surface area contributed by atoms with Gasteiger partial charge in [-0.25, -0.2) is 17.5 Å². The minimum absolute atomic E-state index is 0.118. The van der Waals surface area contributed by atoms with Gasteiger partial charge in [0, 0.05) is 12.6 Å². The SMILES string of the molecule is CC(C)COc1cc([C@@H](C)NS(=O)(=O)CCCO)ccc1F. The van der Waals surface area contributed by atoms with E-state index in [1.165, 1.54) is 18.2 Å². The molecule has 0 saturated carbocycles. The lowest BCUT2D eigenvalue weighted by Gasteiger charge is -2.16. The summed E-state index contributed by atoms with van der Waals surface area (Å²) in [6.07, 6.45) is 0.175. The number of sulfonamides is 1. The molecule has 5 nitrogen and oxygen atoms in total. The van der Waals surface area contributed by atoms with Crippen LogP contribution in [0.3, 0.4) is 0 Å². The second-order valence-electron chi connectivity index (χ2n) is 5.63. The molecule has 0 fully saturated rings. The van der Waals surface area contributed by atoms with Gasteiger partial charge >= 0.3 is 0 Å². The minimum Gasteiger partial charge on any atom is -0.490 e. The predicted octanol–water partition coefficient (Wildman–Crippen LogP) is 2.22. The zero-order valence-corrected chi connectivity index (χ0v) is 14.0. The third kappa shape index (κ3) is 6.29. The van der Waals surface area contributed by atoms with Crippen molar-refractivity contribution in [1.29, 1.82) is 0 Å². The average Bonchev–Trinajstić information content (AvgIpc) is 2.43. The number of nitrogens with one attached hydrogen (secondary N) is 1. The Hall–Kier alpha value is -1.18. The van der Waals surface area contributed by atoms with Crippen LogP contribution in [0.5, 0.6) is 5.75 Å². The van der Waals surface area contributed by atoms with Crippen molar-refractivity contribution in [1.82, 2.24) is 4.72 Å². The van der Waals surface area contributed by atoms with E-state index < -0.39 is 21.9 Å². The van der Waals surface area contributed by atoms with Crippen molar-refractivity contribution >= 4 is 10.0 Å². The van der Waals surface area contributed by atoms with Gasteiger partial charge in [-0.3, -0.25) is 0 Å². The van der Waals surface area contributed by atoms with Crippen LogP contribution in [0.1, 0.15) is 38.8 Å². The van der Waals surface area contributed by atoms with E-state index in [-0.39, 0.29) is 30.4 Å². The molecule has 1 rings (SSSR count). The van der Waals surface area contributed by atoms with Crippen molar-refractivity contribution in [2.24, 2.45) is 5.92 Å².